The molecule has 0 saturated carbocycles. The number of rotatable bonds is 4. The summed E-state index contributed by atoms with van der Waals surface area (Å²) < 4.78 is 13.0. The van der Waals surface area contributed by atoms with Crippen molar-refractivity contribution in [3.63, 3.8) is 0 Å². The molecule has 0 aromatic heterocycles. The second-order valence-electron chi connectivity index (χ2n) is 6.39. The number of β-amino-alcohol motifs (C(OH)–C–C–N with tert-alkyl or cyclic N) is 1. The van der Waals surface area contributed by atoms with Gasteiger partial charge in [0.05, 0.1) is 6.10 Å². The summed E-state index contributed by atoms with van der Waals surface area (Å²) >= 11 is 0. The molecule has 2 aliphatic heterocycles. The minimum Gasteiger partial charge on any atom is -0.387 e. The summed E-state index contributed by atoms with van der Waals surface area (Å²) in [6.45, 7) is 2.24. The Morgan fingerprint density at radius 3 is 2.77 bits per heavy atom. The van der Waals surface area contributed by atoms with E-state index < -0.39 is 6.10 Å². The number of nitrogens with one attached hydrogen (secondary N) is 1. The molecule has 0 radical (unpaired) electrons. The molecule has 5 heteroatoms. The van der Waals surface area contributed by atoms with E-state index in [1.165, 1.54) is 18.6 Å². The molecule has 2 heterocycles. The molecule has 4 nitrogen and oxygen atoms in total. The number of carbonyl (C=O) groups excluding carboxylic acids is 1. The quantitative estimate of drug-likeness (QED) is 0.892. The van der Waals surface area contributed by atoms with Gasteiger partial charge in [0.15, 0.2) is 0 Å². The molecule has 0 spiro atoms. The standard InChI is InChI=1S/C17H23FN2O2/c18-14-6-4-12(5-7-14)16(21)11-20-8-2-1-3-15(20)13-9-17(22)19-10-13/h4-7,13,15-16,21H,1-3,8-11H2,(H,19,22). The molecule has 1 aromatic rings. The number of benzene rings is 1. The van der Waals surface area contributed by atoms with E-state index in [9.17, 15) is 14.3 Å². The van der Waals surface area contributed by atoms with Gasteiger partial charge in [0.2, 0.25) is 5.91 Å². The van der Waals surface area contributed by atoms with Crippen molar-refractivity contribution in [2.24, 2.45) is 5.92 Å². The highest BCUT2D eigenvalue weighted by molar-refractivity contribution is 5.78. The van der Waals surface area contributed by atoms with Crippen LogP contribution in [-0.2, 0) is 4.79 Å². The summed E-state index contributed by atoms with van der Waals surface area (Å²) in [6, 6.07) is 6.39. The maximum atomic E-state index is 13.0. The fraction of sp³-hybridized carbons (Fsp3) is 0.588. The van der Waals surface area contributed by atoms with Crippen molar-refractivity contribution in [2.45, 2.75) is 37.8 Å². The predicted octanol–water partition coefficient (Wildman–Crippen LogP) is 1.85. The first-order valence-electron chi connectivity index (χ1n) is 8.08. The Balaban J connectivity index is 1.65. The molecule has 2 aliphatic rings. The molecule has 2 fully saturated rings. The fourth-order valence-electron chi connectivity index (χ4n) is 3.69. The van der Waals surface area contributed by atoms with Crippen LogP contribution < -0.4 is 5.32 Å². The van der Waals surface area contributed by atoms with Gasteiger partial charge in [0, 0.05) is 31.5 Å². The number of nitrogens with zero attached hydrogens (tertiary/aromatic N) is 1. The third-order valence-corrected chi connectivity index (χ3v) is 4.88. The number of aliphatic hydroxyl groups is 1. The van der Waals surface area contributed by atoms with Crippen LogP contribution in [0.25, 0.3) is 0 Å². The molecule has 3 atom stereocenters. The van der Waals surface area contributed by atoms with Crippen LogP contribution in [0.15, 0.2) is 24.3 Å². The van der Waals surface area contributed by atoms with Gasteiger partial charge in [-0.25, -0.2) is 4.39 Å². The molecule has 0 aliphatic carbocycles. The number of hydrogen-bond acceptors (Lipinski definition) is 3. The van der Waals surface area contributed by atoms with Crippen LogP contribution in [0.2, 0.25) is 0 Å². The average molecular weight is 306 g/mol. The Morgan fingerprint density at radius 2 is 2.09 bits per heavy atom. The maximum Gasteiger partial charge on any atom is 0.220 e. The molecule has 1 amide bonds. The maximum absolute atomic E-state index is 13.0. The zero-order valence-corrected chi connectivity index (χ0v) is 12.7. The lowest BCUT2D eigenvalue weighted by Crippen LogP contribution is -2.46. The summed E-state index contributed by atoms with van der Waals surface area (Å²) in [4.78, 5) is 13.8. The van der Waals surface area contributed by atoms with Crippen LogP contribution in [0.5, 0.6) is 0 Å². The van der Waals surface area contributed by atoms with Crippen LogP contribution in [0.3, 0.4) is 0 Å². The van der Waals surface area contributed by atoms with E-state index in [2.05, 4.69) is 10.2 Å². The summed E-state index contributed by atoms with van der Waals surface area (Å²) in [5, 5.41) is 13.3. The van der Waals surface area contributed by atoms with Gasteiger partial charge >= 0.3 is 0 Å². The fourth-order valence-corrected chi connectivity index (χ4v) is 3.69. The first-order chi connectivity index (χ1) is 10.6. The van der Waals surface area contributed by atoms with Crippen molar-refractivity contribution >= 4 is 5.91 Å². The predicted molar refractivity (Wildman–Crippen MR) is 81.7 cm³/mol. The minimum absolute atomic E-state index is 0.134. The lowest BCUT2D eigenvalue weighted by molar-refractivity contribution is -0.119. The summed E-state index contributed by atoms with van der Waals surface area (Å²) in [5.74, 6) is 0.185. The van der Waals surface area contributed by atoms with E-state index in [0.29, 0.717) is 24.9 Å². The Labute approximate surface area is 130 Å². The molecule has 120 valence electrons. The first kappa shape index (κ1) is 15.4. The van der Waals surface area contributed by atoms with Crippen LogP contribution in [0.4, 0.5) is 4.39 Å². The van der Waals surface area contributed by atoms with Gasteiger partial charge in [-0.2, -0.15) is 0 Å². The van der Waals surface area contributed by atoms with E-state index in [4.69, 9.17) is 0 Å². The first-order valence-corrected chi connectivity index (χ1v) is 8.08. The smallest absolute Gasteiger partial charge is 0.220 e. The Bertz CT molecular complexity index is 520. The van der Waals surface area contributed by atoms with Gasteiger partial charge in [-0.05, 0) is 37.1 Å². The Kier molecular flexibility index (Phi) is 4.74. The highest BCUT2D eigenvalue weighted by atomic mass is 19.1. The van der Waals surface area contributed by atoms with Gasteiger partial charge < -0.3 is 10.4 Å². The van der Waals surface area contributed by atoms with Gasteiger partial charge in [-0.3, -0.25) is 9.69 Å². The van der Waals surface area contributed by atoms with Crippen molar-refractivity contribution in [2.75, 3.05) is 19.6 Å². The van der Waals surface area contributed by atoms with E-state index in [1.54, 1.807) is 12.1 Å². The zero-order chi connectivity index (χ0) is 15.5. The van der Waals surface area contributed by atoms with Crippen LogP contribution in [0.1, 0.15) is 37.4 Å². The number of amides is 1. The second kappa shape index (κ2) is 6.75. The van der Waals surface area contributed by atoms with Gasteiger partial charge in [-0.1, -0.05) is 18.6 Å². The minimum atomic E-state index is -0.619. The van der Waals surface area contributed by atoms with Crippen molar-refractivity contribution in [3.8, 4) is 0 Å². The summed E-state index contributed by atoms with van der Waals surface area (Å²) in [7, 11) is 0. The van der Waals surface area contributed by atoms with Gasteiger partial charge in [0.25, 0.3) is 0 Å². The van der Waals surface area contributed by atoms with Crippen molar-refractivity contribution in [1.29, 1.82) is 0 Å². The number of hydrogen-bond donors (Lipinski definition) is 2. The van der Waals surface area contributed by atoms with E-state index in [-0.39, 0.29) is 11.7 Å². The van der Waals surface area contributed by atoms with Gasteiger partial charge in [-0.15, -0.1) is 0 Å². The number of halogens is 1. The van der Waals surface area contributed by atoms with E-state index in [1.807, 2.05) is 0 Å². The van der Waals surface area contributed by atoms with Crippen LogP contribution >= 0.6 is 0 Å². The SMILES string of the molecule is O=C1CC(C2CCCCN2CC(O)c2ccc(F)cc2)CN1. The summed E-state index contributed by atoms with van der Waals surface area (Å²) in [6.07, 6.45) is 3.36. The Hall–Kier alpha value is -1.46. The molecule has 2 N–H and O–H groups in total. The molecule has 0 bridgehead atoms. The normalized spacial score (nSPS) is 27.6. The topological polar surface area (TPSA) is 52.6 Å². The highest BCUT2D eigenvalue weighted by Gasteiger charge is 2.35. The van der Waals surface area contributed by atoms with Crippen molar-refractivity contribution < 1.29 is 14.3 Å². The number of carbonyl (C=O) groups is 1. The molecule has 3 unspecified atom stereocenters. The second-order valence-corrected chi connectivity index (χ2v) is 6.39. The third-order valence-electron chi connectivity index (χ3n) is 4.88. The van der Waals surface area contributed by atoms with Crippen molar-refractivity contribution in [3.05, 3.63) is 35.6 Å². The molecule has 3 rings (SSSR count). The number of piperidine rings is 1. The average Bonchev–Trinajstić information content (AvgIpc) is 2.95. The summed E-state index contributed by atoms with van der Waals surface area (Å²) in [5.41, 5.74) is 0.742. The molecular weight excluding hydrogens is 283 g/mol. The largest absolute Gasteiger partial charge is 0.387 e. The zero-order valence-electron chi connectivity index (χ0n) is 12.7. The number of aliphatic hydroxyl groups excluding tert-OH is 1. The molecule has 1 aromatic carbocycles. The number of likely N-dealkylation sites (tertiary alicyclic amines) is 1. The van der Waals surface area contributed by atoms with E-state index >= 15 is 0 Å². The van der Waals surface area contributed by atoms with E-state index in [0.717, 1.165) is 31.5 Å². The van der Waals surface area contributed by atoms with Crippen molar-refractivity contribution in [1.82, 2.24) is 10.2 Å². The molecule has 2 saturated heterocycles. The third kappa shape index (κ3) is 3.47. The molecule has 22 heavy (non-hydrogen) atoms. The Morgan fingerprint density at radius 1 is 1.32 bits per heavy atom. The van der Waals surface area contributed by atoms with Crippen LogP contribution in [0, 0.1) is 11.7 Å². The highest BCUT2D eigenvalue weighted by Crippen LogP contribution is 2.29. The molecular formula is C17H23FN2O2. The van der Waals surface area contributed by atoms with Gasteiger partial charge in [0.1, 0.15) is 5.82 Å². The lowest BCUT2D eigenvalue weighted by Gasteiger charge is -2.39. The lowest BCUT2D eigenvalue weighted by atomic mass is 9.89. The van der Waals surface area contributed by atoms with Crippen LogP contribution in [-0.4, -0.2) is 41.6 Å². The monoisotopic (exact) mass is 306 g/mol.